The molecule has 5 heterocycles. The van der Waals surface area contributed by atoms with Gasteiger partial charge in [-0.25, -0.2) is 15.0 Å². The Bertz CT molecular complexity index is 1680. The van der Waals surface area contributed by atoms with Crippen LogP contribution in [0.3, 0.4) is 0 Å². The topological polar surface area (TPSA) is 116 Å². The molecule has 6 rings (SSSR count). The van der Waals surface area contributed by atoms with Crippen molar-refractivity contribution in [3.05, 3.63) is 88.0 Å². The van der Waals surface area contributed by atoms with Crippen molar-refractivity contribution in [2.45, 2.75) is 19.4 Å². The van der Waals surface area contributed by atoms with Gasteiger partial charge in [0.05, 0.1) is 24.2 Å². The molecular weight excluding hydrogens is 600 g/mol. The number of nitrogens with one attached hydrogen (secondary N) is 1. The lowest BCUT2D eigenvalue weighted by Gasteiger charge is -2.36. The fourth-order valence-corrected chi connectivity index (χ4v) is 6.92. The third-order valence-electron chi connectivity index (χ3n) is 8.49. The van der Waals surface area contributed by atoms with Crippen LogP contribution in [0.5, 0.6) is 5.88 Å². The lowest BCUT2D eigenvalue weighted by molar-refractivity contribution is -0.132. The van der Waals surface area contributed by atoms with E-state index in [-0.39, 0.29) is 17.9 Å². The second-order valence-electron chi connectivity index (χ2n) is 11.4. The summed E-state index contributed by atoms with van der Waals surface area (Å²) in [6.45, 7) is 6.75. The minimum Gasteiger partial charge on any atom is -0.481 e. The second kappa shape index (κ2) is 14.2. The summed E-state index contributed by atoms with van der Waals surface area (Å²) >= 11 is 1.46. The molecule has 2 aliphatic heterocycles. The fourth-order valence-electron chi connectivity index (χ4n) is 6.00. The molecule has 2 amide bonds. The van der Waals surface area contributed by atoms with Crippen molar-refractivity contribution >= 4 is 34.6 Å². The number of carbonyl (C=O) groups is 2. The fraction of sp³-hybridized carbons (Fsp3) is 0.353. The van der Waals surface area contributed by atoms with E-state index in [1.54, 1.807) is 38.8 Å². The molecule has 46 heavy (non-hydrogen) atoms. The first-order chi connectivity index (χ1) is 22.4. The molecule has 0 aliphatic carbocycles. The van der Waals surface area contributed by atoms with E-state index >= 15 is 0 Å². The maximum atomic E-state index is 13.2. The molecule has 1 aromatic carbocycles. The van der Waals surface area contributed by atoms with E-state index < -0.39 is 0 Å². The SMILES string of the molecule is C/N=C(/c1ccc(OC)nc1)c1cc(C(=O)NC2CCN(CC(=O)N3CCN(c4ccc(-c5ncccn5)cc4)CC3)C2)sc1C. The van der Waals surface area contributed by atoms with Crippen LogP contribution >= 0.6 is 11.3 Å². The van der Waals surface area contributed by atoms with Gasteiger partial charge in [-0.05, 0) is 55.8 Å². The monoisotopic (exact) mass is 638 g/mol. The van der Waals surface area contributed by atoms with E-state index in [9.17, 15) is 9.59 Å². The Morgan fingerprint density at radius 3 is 2.46 bits per heavy atom. The van der Waals surface area contributed by atoms with E-state index in [0.717, 1.165) is 59.0 Å². The number of aryl methyl sites for hydroxylation is 1. The zero-order valence-electron chi connectivity index (χ0n) is 26.3. The summed E-state index contributed by atoms with van der Waals surface area (Å²) in [5.74, 6) is 1.29. The summed E-state index contributed by atoms with van der Waals surface area (Å²) in [7, 11) is 3.32. The zero-order chi connectivity index (χ0) is 32.0. The Kier molecular flexibility index (Phi) is 9.65. The number of benzene rings is 1. The Labute approximate surface area is 273 Å². The predicted molar refractivity (Wildman–Crippen MR) is 180 cm³/mol. The number of anilines is 1. The highest BCUT2D eigenvalue weighted by molar-refractivity contribution is 7.14. The molecule has 238 valence electrons. The van der Waals surface area contributed by atoms with Crippen molar-refractivity contribution in [3.63, 3.8) is 0 Å². The number of likely N-dealkylation sites (tertiary alicyclic amines) is 1. The number of carbonyl (C=O) groups excluding carboxylic acids is 2. The van der Waals surface area contributed by atoms with Gasteiger partial charge in [0.2, 0.25) is 11.8 Å². The number of methoxy groups -OCH3 is 1. The van der Waals surface area contributed by atoms with Gasteiger partial charge in [-0.3, -0.25) is 19.5 Å². The van der Waals surface area contributed by atoms with E-state index in [2.05, 4.69) is 47.2 Å². The highest BCUT2D eigenvalue weighted by atomic mass is 32.1. The molecular formula is C34H38N8O3S. The number of rotatable bonds is 9. The lowest BCUT2D eigenvalue weighted by Crippen LogP contribution is -2.51. The van der Waals surface area contributed by atoms with Crippen LogP contribution in [-0.2, 0) is 4.79 Å². The summed E-state index contributed by atoms with van der Waals surface area (Å²) in [6.07, 6.45) is 6.03. The Hall–Kier alpha value is -4.68. The average Bonchev–Trinajstić information content (AvgIpc) is 3.71. The number of hydrogen-bond donors (Lipinski definition) is 1. The minimum atomic E-state index is -0.0960. The molecule has 3 aromatic heterocycles. The van der Waals surface area contributed by atoms with E-state index in [0.29, 0.717) is 42.8 Å². The summed E-state index contributed by atoms with van der Waals surface area (Å²) < 4.78 is 5.17. The van der Waals surface area contributed by atoms with Gasteiger partial charge >= 0.3 is 0 Å². The van der Waals surface area contributed by atoms with Crippen LogP contribution in [0.4, 0.5) is 5.69 Å². The van der Waals surface area contributed by atoms with Crippen LogP contribution in [-0.4, -0.2) is 108 Å². The van der Waals surface area contributed by atoms with Gasteiger partial charge in [-0.15, -0.1) is 11.3 Å². The molecule has 0 saturated carbocycles. The Balaban J connectivity index is 0.972. The molecule has 11 nitrogen and oxygen atoms in total. The van der Waals surface area contributed by atoms with Crippen molar-refractivity contribution in [1.29, 1.82) is 0 Å². The van der Waals surface area contributed by atoms with Crippen LogP contribution in [0.15, 0.2) is 72.1 Å². The maximum absolute atomic E-state index is 13.2. The van der Waals surface area contributed by atoms with Crippen molar-refractivity contribution in [2.75, 3.05) is 64.9 Å². The third-order valence-corrected chi connectivity index (χ3v) is 9.54. The summed E-state index contributed by atoms with van der Waals surface area (Å²) in [5.41, 5.74) is 4.68. The molecule has 0 radical (unpaired) electrons. The molecule has 1 N–H and O–H groups in total. The van der Waals surface area contributed by atoms with Crippen LogP contribution in [0, 0.1) is 6.92 Å². The van der Waals surface area contributed by atoms with Gasteiger partial charge < -0.3 is 19.9 Å². The highest BCUT2D eigenvalue weighted by Crippen LogP contribution is 2.26. The number of pyridine rings is 1. The number of hydrogen-bond acceptors (Lipinski definition) is 10. The molecule has 2 saturated heterocycles. The van der Waals surface area contributed by atoms with Crippen LogP contribution in [0.25, 0.3) is 11.4 Å². The van der Waals surface area contributed by atoms with Crippen molar-refractivity contribution in [2.24, 2.45) is 4.99 Å². The molecule has 2 aliphatic rings. The lowest BCUT2D eigenvalue weighted by atomic mass is 10.0. The van der Waals surface area contributed by atoms with Crippen LogP contribution < -0.4 is 15.0 Å². The van der Waals surface area contributed by atoms with Crippen LogP contribution in [0.2, 0.25) is 0 Å². The molecule has 2 fully saturated rings. The van der Waals surface area contributed by atoms with Crippen molar-refractivity contribution in [3.8, 4) is 17.3 Å². The van der Waals surface area contributed by atoms with Gasteiger partial charge in [-0.1, -0.05) is 0 Å². The normalized spacial score (nSPS) is 17.3. The first-order valence-electron chi connectivity index (χ1n) is 15.4. The number of nitrogens with zero attached hydrogens (tertiary/aromatic N) is 7. The molecule has 12 heteroatoms. The Morgan fingerprint density at radius 1 is 1.02 bits per heavy atom. The van der Waals surface area contributed by atoms with Gasteiger partial charge in [0.15, 0.2) is 5.82 Å². The van der Waals surface area contributed by atoms with Gasteiger partial charge in [-0.2, -0.15) is 0 Å². The van der Waals surface area contributed by atoms with Crippen molar-refractivity contribution in [1.82, 2.24) is 30.1 Å². The van der Waals surface area contributed by atoms with Gasteiger partial charge in [0.25, 0.3) is 5.91 Å². The van der Waals surface area contributed by atoms with Crippen molar-refractivity contribution < 1.29 is 14.3 Å². The highest BCUT2D eigenvalue weighted by Gasteiger charge is 2.29. The first-order valence-corrected chi connectivity index (χ1v) is 16.2. The Morgan fingerprint density at radius 2 is 1.78 bits per heavy atom. The number of aromatic nitrogens is 3. The molecule has 0 spiro atoms. The number of amides is 2. The van der Waals surface area contributed by atoms with Gasteiger partial charge in [0, 0.05) is 104 Å². The minimum absolute atomic E-state index is 0.00244. The van der Waals surface area contributed by atoms with E-state index in [4.69, 9.17) is 4.74 Å². The van der Waals surface area contributed by atoms with Crippen LogP contribution in [0.1, 0.15) is 32.1 Å². The smallest absolute Gasteiger partial charge is 0.261 e. The van der Waals surface area contributed by atoms with E-state index in [1.807, 2.05) is 42.2 Å². The standard InChI is InChI=1S/C34H38N8O3S/c1-23-28(32(35-2)25-7-10-30(45-3)38-20-25)19-29(46-23)34(44)39-26-11-14-40(21-26)22-31(43)42-17-15-41(16-18-42)27-8-5-24(6-9-27)33-36-12-4-13-37-33/h4-10,12-13,19-20,26H,11,14-18,21-22H2,1-3H3,(H,39,44)/b35-32-. The summed E-state index contributed by atoms with van der Waals surface area (Å²) in [4.78, 5) is 51.9. The second-order valence-corrected chi connectivity index (χ2v) is 12.7. The summed E-state index contributed by atoms with van der Waals surface area (Å²) in [6, 6.07) is 15.7. The summed E-state index contributed by atoms with van der Waals surface area (Å²) in [5, 5.41) is 3.19. The molecule has 4 aromatic rings. The predicted octanol–water partition coefficient (Wildman–Crippen LogP) is 3.54. The number of thiophene rings is 1. The zero-order valence-corrected chi connectivity index (χ0v) is 27.2. The number of ether oxygens (including phenoxy) is 1. The molecule has 1 unspecified atom stereocenters. The first kappa shape index (κ1) is 31.3. The molecule has 0 bridgehead atoms. The maximum Gasteiger partial charge on any atom is 0.261 e. The van der Waals surface area contributed by atoms with E-state index in [1.165, 1.54) is 11.3 Å². The third kappa shape index (κ3) is 7.08. The number of aliphatic imine (C=N–C) groups is 1. The number of piperazine rings is 1. The van der Waals surface area contributed by atoms with Gasteiger partial charge in [0.1, 0.15) is 0 Å². The molecule has 1 atom stereocenters. The quantitative estimate of drug-likeness (QED) is 0.277. The largest absolute Gasteiger partial charge is 0.481 e. The average molecular weight is 639 g/mol.